The van der Waals surface area contributed by atoms with Crippen LogP contribution in [0.2, 0.25) is 0 Å². The highest BCUT2D eigenvalue weighted by Crippen LogP contribution is 1.96. The van der Waals surface area contributed by atoms with Crippen LogP contribution < -0.4 is 0 Å². The standard InChI is InChI=1S/C11H12O2/c1-2-3-4-5-6-8-11(13)9-7-10-12/h1,5,8,11-13H,7,9-10H2/t6?,11-/m0/s1. The zero-order chi connectivity index (χ0) is 9.94. The van der Waals surface area contributed by atoms with Gasteiger partial charge in [0.25, 0.3) is 0 Å². The van der Waals surface area contributed by atoms with E-state index in [0.29, 0.717) is 12.8 Å². The van der Waals surface area contributed by atoms with Crippen LogP contribution in [0.25, 0.3) is 0 Å². The van der Waals surface area contributed by atoms with Crippen molar-refractivity contribution in [1.82, 2.24) is 0 Å². The minimum atomic E-state index is -0.573. The van der Waals surface area contributed by atoms with Gasteiger partial charge in [-0.15, -0.1) is 12.2 Å². The molecule has 0 aromatic rings. The molecule has 0 bridgehead atoms. The van der Waals surface area contributed by atoms with Crippen LogP contribution in [0, 0.1) is 24.2 Å². The number of hydrogen-bond acceptors (Lipinski definition) is 2. The fourth-order valence-electron chi connectivity index (χ4n) is 0.662. The van der Waals surface area contributed by atoms with Crippen molar-refractivity contribution in [3.05, 3.63) is 17.9 Å². The first kappa shape index (κ1) is 11.6. The summed E-state index contributed by atoms with van der Waals surface area (Å²) in [7, 11) is 0. The molecule has 2 N–H and O–H groups in total. The molecule has 2 heteroatoms. The fourth-order valence-corrected chi connectivity index (χ4v) is 0.662. The topological polar surface area (TPSA) is 40.5 Å². The Balaban J connectivity index is 3.83. The van der Waals surface area contributed by atoms with Gasteiger partial charge in [-0.3, -0.25) is 0 Å². The average Bonchev–Trinajstić information content (AvgIpc) is 2.14. The summed E-state index contributed by atoms with van der Waals surface area (Å²) in [6, 6.07) is 0. The molecular formula is C11H12O2. The van der Waals surface area contributed by atoms with E-state index in [4.69, 9.17) is 11.5 Å². The molecule has 0 rings (SSSR count). The van der Waals surface area contributed by atoms with E-state index < -0.39 is 6.10 Å². The summed E-state index contributed by atoms with van der Waals surface area (Å²) < 4.78 is 0. The second-order valence-corrected chi connectivity index (χ2v) is 2.32. The van der Waals surface area contributed by atoms with Gasteiger partial charge >= 0.3 is 0 Å². The summed E-state index contributed by atoms with van der Waals surface area (Å²) in [5.41, 5.74) is 2.68. The average molecular weight is 176 g/mol. The molecule has 1 atom stereocenters. The minimum Gasteiger partial charge on any atom is -0.396 e. The van der Waals surface area contributed by atoms with Gasteiger partial charge in [0.2, 0.25) is 0 Å². The normalized spacial score (nSPS) is 9.92. The van der Waals surface area contributed by atoms with E-state index in [1.165, 1.54) is 12.2 Å². The summed E-state index contributed by atoms with van der Waals surface area (Å²) in [6.45, 7) is 0.0888. The molecule has 2 nitrogen and oxygen atoms in total. The predicted molar refractivity (Wildman–Crippen MR) is 51.6 cm³/mol. The Morgan fingerprint density at radius 2 is 2.23 bits per heavy atom. The van der Waals surface area contributed by atoms with Crippen molar-refractivity contribution < 1.29 is 10.2 Å². The highest BCUT2D eigenvalue weighted by Gasteiger charge is 1.95. The van der Waals surface area contributed by atoms with Gasteiger partial charge in [0.15, 0.2) is 0 Å². The van der Waals surface area contributed by atoms with Crippen molar-refractivity contribution >= 4 is 0 Å². The van der Waals surface area contributed by atoms with Gasteiger partial charge in [0.1, 0.15) is 0 Å². The highest BCUT2D eigenvalue weighted by atomic mass is 16.3. The Hall–Kier alpha value is -1.44. The van der Waals surface area contributed by atoms with Crippen molar-refractivity contribution in [1.29, 1.82) is 0 Å². The molecule has 0 aromatic heterocycles. The van der Waals surface area contributed by atoms with Crippen LogP contribution in [0.3, 0.4) is 0 Å². The third-order valence-electron chi connectivity index (χ3n) is 1.25. The number of rotatable bonds is 4. The number of hydrogen-bond donors (Lipinski definition) is 2. The number of aliphatic hydroxyl groups is 2. The Kier molecular flexibility index (Phi) is 7.70. The molecule has 0 saturated carbocycles. The van der Waals surface area contributed by atoms with Gasteiger partial charge in [-0.05, 0) is 30.8 Å². The SMILES string of the molecule is C#CC#CC=C=C[C@H](O)CCCO. The Labute approximate surface area is 78.6 Å². The van der Waals surface area contributed by atoms with Crippen molar-refractivity contribution in [2.45, 2.75) is 18.9 Å². The van der Waals surface area contributed by atoms with Gasteiger partial charge in [-0.25, -0.2) is 0 Å². The van der Waals surface area contributed by atoms with E-state index in [2.05, 4.69) is 23.5 Å². The third kappa shape index (κ3) is 8.47. The van der Waals surface area contributed by atoms with E-state index in [-0.39, 0.29) is 6.61 Å². The fraction of sp³-hybridized carbons (Fsp3) is 0.364. The van der Waals surface area contributed by atoms with Crippen LogP contribution >= 0.6 is 0 Å². The Morgan fingerprint density at radius 1 is 1.46 bits per heavy atom. The highest BCUT2D eigenvalue weighted by molar-refractivity contribution is 5.27. The molecule has 0 heterocycles. The molecule has 68 valence electrons. The zero-order valence-corrected chi connectivity index (χ0v) is 7.33. The van der Waals surface area contributed by atoms with Gasteiger partial charge < -0.3 is 10.2 Å². The van der Waals surface area contributed by atoms with Crippen LogP contribution in [-0.2, 0) is 0 Å². The lowest BCUT2D eigenvalue weighted by atomic mass is 10.2. The first-order chi connectivity index (χ1) is 6.31. The van der Waals surface area contributed by atoms with Gasteiger partial charge in [0, 0.05) is 12.7 Å². The Morgan fingerprint density at radius 3 is 2.85 bits per heavy atom. The van der Waals surface area contributed by atoms with E-state index in [9.17, 15) is 5.11 Å². The maximum atomic E-state index is 9.20. The number of aliphatic hydroxyl groups excluding tert-OH is 2. The maximum absolute atomic E-state index is 9.20. The number of terminal acetylenes is 1. The zero-order valence-electron chi connectivity index (χ0n) is 7.33. The summed E-state index contributed by atoms with van der Waals surface area (Å²) >= 11 is 0. The molecule has 0 radical (unpaired) electrons. The summed E-state index contributed by atoms with van der Waals surface area (Å²) in [5, 5.41) is 17.7. The molecule has 0 amide bonds. The van der Waals surface area contributed by atoms with E-state index in [0.717, 1.165) is 0 Å². The van der Waals surface area contributed by atoms with Crippen LogP contribution in [0.15, 0.2) is 17.9 Å². The summed E-state index contributed by atoms with van der Waals surface area (Å²) in [6.07, 6.45) is 8.34. The lowest BCUT2D eigenvalue weighted by molar-refractivity contribution is 0.190. The van der Waals surface area contributed by atoms with Crippen molar-refractivity contribution in [3.8, 4) is 24.2 Å². The minimum absolute atomic E-state index is 0.0888. The van der Waals surface area contributed by atoms with Crippen LogP contribution in [0.1, 0.15) is 12.8 Å². The largest absolute Gasteiger partial charge is 0.396 e. The first-order valence-electron chi connectivity index (χ1n) is 3.97. The van der Waals surface area contributed by atoms with Crippen molar-refractivity contribution in [2.75, 3.05) is 6.61 Å². The van der Waals surface area contributed by atoms with Gasteiger partial charge in [-0.1, -0.05) is 5.92 Å². The molecule has 0 aliphatic heterocycles. The molecule has 0 saturated heterocycles. The van der Waals surface area contributed by atoms with Crippen LogP contribution in [0.5, 0.6) is 0 Å². The molecule has 13 heavy (non-hydrogen) atoms. The van der Waals surface area contributed by atoms with Crippen LogP contribution in [-0.4, -0.2) is 22.9 Å². The van der Waals surface area contributed by atoms with Crippen LogP contribution in [0.4, 0.5) is 0 Å². The molecule has 0 spiro atoms. The molecular weight excluding hydrogens is 164 g/mol. The van der Waals surface area contributed by atoms with Crippen molar-refractivity contribution in [3.63, 3.8) is 0 Å². The second-order valence-electron chi connectivity index (χ2n) is 2.32. The summed E-state index contributed by atoms with van der Waals surface area (Å²) in [5.74, 6) is 7.06. The summed E-state index contributed by atoms with van der Waals surface area (Å²) in [4.78, 5) is 0. The lowest BCUT2D eigenvalue weighted by Gasteiger charge is -1.99. The Bertz CT molecular complexity index is 279. The lowest BCUT2D eigenvalue weighted by Crippen LogP contribution is -2.01. The second kappa shape index (κ2) is 8.65. The quantitative estimate of drug-likeness (QED) is 0.483. The molecule has 0 unspecified atom stereocenters. The first-order valence-corrected chi connectivity index (χ1v) is 3.97. The predicted octanol–water partition coefficient (Wildman–Crippen LogP) is 0.468. The smallest absolute Gasteiger partial charge is 0.0795 e. The molecule has 0 aliphatic rings. The molecule has 0 aliphatic carbocycles. The van der Waals surface area contributed by atoms with E-state index in [1.54, 1.807) is 0 Å². The third-order valence-corrected chi connectivity index (χ3v) is 1.25. The maximum Gasteiger partial charge on any atom is 0.0795 e. The molecule has 0 aromatic carbocycles. The van der Waals surface area contributed by atoms with Gasteiger partial charge in [0.05, 0.1) is 6.10 Å². The van der Waals surface area contributed by atoms with E-state index >= 15 is 0 Å². The van der Waals surface area contributed by atoms with Crippen molar-refractivity contribution in [2.24, 2.45) is 0 Å². The monoisotopic (exact) mass is 176 g/mol. The molecule has 0 fully saturated rings. The van der Waals surface area contributed by atoms with Gasteiger partial charge in [-0.2, -0.15) is 0 Å². The van der Waals surface area contributed by atoms with E-state index in [1.807, 2.05) is 0 Å².